The molecule has 1 unspecified atom stereocenters. The predicted octanol–water partition coefficient (Wildman–Crippen LogP) is 4.67. The molecule has 2 N–H and O–H groups in total. The van der Waals surface area contributed by atoms with Crippen molar-refractivity contribution >= 4 is 15.9 Å². The summed E-state index contributed by atoms with van der Waals surface area (Å²) in [6.07, 6.45) is -3.69. The van der Waals surface area contributed by atoms with E-state index in [1.165, 1.54) is 6.07 Å². The topological polar surface area (TPSA) is 39.2 Å². The SMILES string of the molecule is CCc1ccc(C(N)c2cc(C(F)(F)F)ccc2Br)o1. The number of benzene rings is 1. The standard InChI is InChI=1S/C14H13BrF3NO/c1-2-9-4-6-12(20-9)13(19)10-7-8(14(16,17)18)3-5-11(10)15/h3-7,13H,2,19H2,1H3. The normalized spacial score (nSPS) is 13.5. The Kier molecular flexibility index (Phi) is 4.25. The summed E-state index contributed by atoms with van der Waals surface area (Å²) in [5.74, 6) is 1.19. The maximum Gasteiger partial charge on any atom is 0.416 e. The van der Waals surface area contributed by atoms with Crippen molar-refractivity contribution in [3.63, 3.8) is 0 Å². The lowest BCUT2D eigenvalue weighted by Crippen LogP contribution is -2.14. The zero-order valence-electron chi connectivity index (χ0n) is 10.7. The highest BCUT2D eigenvalue weighted by atomic mass is 79.9. The average Bonchev–Trinajstić information content (AvgIpc) is 2.86. The number of hydrogen-bond donors (Lipinski definition) is 1. The highest BCUT2D eigenvalue weighted by Crippen LogP contribution is 2.35. The number of furan rings is 1. The smallest absolute Gasteiger partial charge is 0.416 e. The van der Waals surface area contributed by atoms with Crippen molar-refractivity contribution in [2.45, 2.75) is 25.6 Å². The molecule has 0 saturated carbocycles. The molecule has 20 heavy (non-hydrogen) atoms. The van der Waals surface area contributed by atoms with E-state index in [4.69, 9.17) is 10.2 Å². The second-order valence-corrected chi connectivity index (χ2v) is 5.22. The molecule has 2 nitrogen and oxygen atoms in total. The number of alkyl halides is 3. The van der Waals surface area contributed by atoms with E-state index in [2.05, 4.69) is 15.9 Å². The molecule has 108 valence electrons. The Morgan fingerprint density at radius 3 is 2.50 bits per heavy atom. The van der Waals surface area contributed by atoms with Gasteiger partial charge in [0.15, 0.2) is 0 Å². The number of nitrogens with two attached hydrogens (primary N) is 1. The molecule has 1 heterocycles. The molecule has 1 atom stereocenters. The molecule has 0 aliphatic heterocycles. The van der Waals surface area contributed by atoms with E-state index in [0.29, 0.717) is 22.2 Å². The van der Waals surface area contributed by atoms with E-state index in [-0.39, 0.29) is 0 Å². The van der Waals surface area contributed by atoms with Crippen LogP contribution in [0.5, 0.6) is 0 Å². The second-order valence-electron chi connectivity index (χ2n) is 4.37. The molecule has 6 heteroatoms. The first-order valence-electron chi connectivity index (χ1n) is 6.03. The van der Waals surface area contributed by atoms with Crippen LogP contribution in [-0.4, -0.2) is 0 Å². The summed E-state index contributed by atoms with van der Waals surface area (Å²) in [6, 6.07) is 6.13. The van der Waals surface area contributed by atoms with Crippen molar-refractivity contribution in [1.29, 1.82) is 0 Å². The first-order valence-corrected chi connectivity index (χ1v) is 6.83. The van der Waals surface area contributed by atoms with Crippen LogP contribution in [0.4, 0.5) is 13.2 Å². The van der Waals surface area contributed by atoms with Gasteiger partial charge in [-0.1, -0.05) is 22.9 Å². The fourth-order valence-electron chi connectivity index (χ4n) is 1.86. The molecule has 0 radical (unpaired) electrons. The summed E-state index contributed by atoms with van der Waals surface area (Å²) in [5, 5.41) is 0. The van der Waals surface area contributed by atoms with Gasteiger partial charge in [-0.05, 0) is 35.9 Å². The van der Waals surface area contributed by atoms with Crippen LogP contribution in [0.25, 0.3) is 0 Å². The predicted molar refractivity (Wildman–Crippen MR) is 73.3 cm³/mol. The van der Waals surface area contributed by atoms with Crippen molar-refractivity contribution in [3.05, 3.63) is 57.5 Å². The van der Waals surface area contributed by atoms with Crippen LogP contribution in [0.1, 0.15) is 35.6 Å². The molecule has 1 aromatic carbocycles. The number of rotatable bonds is 3. The summed E-state index contributed by atoms with van der Waals surface area (Å²) in [7, 11) is 0. The molecular weight excluding hydrogens is 335 g/mol. The van der Waals surface area contributed by atoms with Crippen LogP contribution in [0.3, 0.4) is 0 Å². The maximum atomic E-state index is 12.7. The molecular formula is C14H13BrF3NO. The van der Waals surface area contributed by atoms with Crippen LogP contribution in [0.15, 0.2) is 39.2 Å². The van der Waals surface area contributed by atoms with E-state index >= 15 is 0 Å². The van der Waals surface area contributed by atoms with Crippen molar-refractivity contribution < 1.29 is 17.6 Å². The minimum absolute atomic E-state index is 0.344. The van der Waals surface area contributed by atoms with Gasteiger partial charge < -0.3 is 10.2 Å². The van der Waals surface area contributed by atoms with Gasteiger partial charge in [0.2, 0.25) is 0 Å². The van der Waals surface area contributed by atoms with Crippen molar-refractivity contribution in [2.24, 2.45) is 5.73 Å². The van der Waals surface area contributed by atoms with E-state index < -0.39 is 17.8 Å². The van der Waals surface area contributed by atoms with Gasteiger partial charge in [-0.2, -0.15) is 13.2 Å². The van der Waals surface area contributed by atoms with Crippen LogP contribution in [0.2, 0.25) is 0 Å². The summed E-state index contributed by atoms with van der Waals surface area (Å²) in [6.45, 7) is 1.92. The third-order valence-corrected chi connectivity index (χ3v) is 3.72. The van der Waals surface area contributed by atoms with Crippen LogP contribution in [-0.2, 0) is 12.6 Å². The zero-order valence-corrected chi connectivity index (χ0v) is 12.3. The largest absolute Gasteiger partial charge is 0.464 e. The van der Waals surface area contributed by atoms with Crippen LogP contribution in [0, 0.1) is 0 Å². The van der Waals surface area contributed by atoms with Gasteiger partial charge in [0.1, 0.15) is 11.5 Å². The van der Waals surface area contributed by atoms with Gasteiger partial charge in [-0.3, -0.25) is 0 Å². The molecule has 1 aromatic heterocycles. The van der Waals surface area contributed by atoms with Gasteiger partial charge in [0.25, 0.3) is 0 Å². The molecule has 0 spiro atoms. The van der Waals surface area contributed by atoms with Gasteiger partial charge in [0.05, 0.1) is 11.6 Å². The second kappa shape index (κ2) is 5.61. The molecule has 2 aromatic rings. The zero-order chi connectivity index (χ0) is 14.9. The summed E-state index contributed by atoms with van der Waals surface area (Å²) in [4.78, 5) is 0. The summed E-state index contributed by atoms with van der Waals surface area (Å²) < 4.78 is 44.3. The van der Waals surface area contributed by atoms with E-state index in [9.17, 15) is 13.2 Å². The van der Waals surface area contributed by atoms with Crippen molar-refractivity contribution in [3.8, 4) is 0 Å². The lowest BCUT2D eigenvalue weighted by Gasteiger charge is -2.15. The van der Waals surface area contributed by atoms with Crippen LogP contribution >= 0.6 is 15.9 Å². The first-order chi connectivity index (χ1) is 9.32. The Labute approximate surface area is 122 Å². The Morgan fingerprint density at radius 2 is 1.95 bits per heavy atom. The Morgan fingerprint density at radius 1 is 1.25 bits per heavy atom. The molecule has 0 bridgehead atoms. The first kappa shape index (κ1) is 15.1. The fourth-order valence-corrected chi connectivity index (χ4v) is 2.36. The summed E-state index contributed by atoms with van der Waals surface area (Å²) >= 11 is 3.23. The third-order valence-electron chi connectivity index (χ3n) is 3.00. The maximum absolute atomic E-state index is 12.7. The quantitative estimate of drug-likeness (QED) is 0.875. The van der Waals surface area contributed by atoms with Gasteiger partial charge in [-0.25, -0.2) is 0 Å². The molecule has 0 amide bonds. The molecule has 0 aliphatic rings. The van der Waals surface area contributed by atoms with E-state index in [1.807, 2.05) is 6.92 Å². The molecule has 0 aliphatic carbocycles. The number of aryl methyl sites for hydroxylation is 1. The monoisotopic (exact) mass is 347 g/mol. The average molecular weight is 348 g/mol. The number of hydrogen-bond acceptors (Lipinski definition) is 2. The summed E-state index contributed by atoms with van der Waals surface area (Å²) in [5.41, 5.74) is 5.62. The van der Waals surface area contributed by atoms with Gasteiger partial charge in [0, 0.05) is 10.9 Å². The van der Waals surface area contributed by atoms with E-state index in [0.717, 1.165) is 17.9 Å². The van der Waals surface area contributed by atoms with Crippen LogP contribution < -0.4 is 5.73 Å². The van der Waals surface area contributed by atoms with Crippen molar-refractivity contribution in [1.82, 2.24) is 0 Å². The van der Waals surface area contributed by atoms with Crippen molar-refractivity contribution in [2.75, 3.05) is 0 Å². The minimum Gasteiger partial charge on any atom is -0.464 e. The Balaban J connectivity index is 2.40. The fraction of sp³-hybridized carbons (Fsp3) is 0.286. The minimum atomic E-state index is -4.40. The van der Waals surface area contributed by atoms with E-state index in [1.54, 1.807) is 12.1 Å². The molecule has 2 rings (SSSR count). The Hall–Kier alpha value is -1.27. The Bertz CT molecular complexity index is 607. The molecule has 0 fully saturated rings. The highest BCUT2D eigenvalue weighted by Gasteiger charge is 2.31. The molecule has 0 saturated heterocycles. The lowest BCUT2D eigenvalue weighted by atomic mass is 10.0. The third kappa shape index (κ3) is 3.07. The van der Waals surface area contributed by atoms with Gasteiger partial charge in [-0.15, -0.1) is 0 Å². The van der Waals surface area contributed by atoms with Gasteiger partial charge >= 0.3 is 6.18 Å². The number of halogens is 4. The highest BCUT2D eigenvalue weighted by molar-refractivity contribution is 9.10. The lowest BCUT2D eigenvalue weighted by molar-refractivity contribution is -0.137.